The highest BCUT2D eigenvalue weighted by Crippen LogP contribution is 2.31. The highest BCUT2D eigenvalue weighted by Gasteiger charge is 2.42. The Morgan fingerprint density at radius 3 is 1.77 bits per heavy atom. The molecule has 0 spiro atoms. The van der Waals surface area contributed by atoms with Crippen molar-refractivity contribution in [3.8, 4) is 5.75 Å². The van der Waals surface area contributed by atoms with E-state index in [0.29, 0.717) is 31.1 Å². The fourth-order valence-electron chi connectivity index (χ4n) is 3.93. The first-order chi connectivity index (χ1) is 20.5. The minimum atomic E-state index is -4.11. The van der Waals surface area contributed by atoms with E-state index < -0.39 is 39.6 Å². The molecule has 43 heavy (non-hydrogen) atoms. The Kier molecular flexibility index (Phi) is 16.5. The fourth-order valence-corrected chi connectivity index (χ4v) is 6.35. The standard InChI is InChI=1S/C30H45NO9S3/c1-36-29(32)28(30(33)37-2)27(25-12-14-26(15-13-25)40-20-24-10-8-7-9-11-24)21-43(34,35)31(22-38-16-18-41(3)4)23-39-17-19-42(5)6/h7-15,27-28H,16-23H2,1-6H3/q+2. The van der Waals surface area contributed by atoms with Crippen molar-refractivity contribution in [3.63, 3.8) is 0 Å². The van der Waals surface area contributed by atoms with Crippen LogP contribution in [-0.4, -0.2) is 108 Å². The maximum absolute atomic E-state index is 13.9. The number of rotatable bonds is 20. The fraction of sp³-hybridized carbons (Fsp3) is 0.533. The van der Waals surface area contributed by atoms with Crippen LogP contribution >= 0.6 is 0 Å². The summed E-state index contributed by atoms with van der Waals surface area (Å²) >= 11 is 0. The zero-order chi connectivity index (χ0) is 31.8. The van der Waals surface area contributed by atoms with Crippen molar-refractivity contribution in [2.45, 2.75) is 12.5 Å². The number of nitrogens with zero attached hydrogens (tertiary/aromatic N) is 1. The third-order valence-electron chi connectivity index (χ3n) is 6.40. The highest BCUT2D eigenvalue weighted by molar-refractivity contribution is 7.95. The van der Waals surface area contributed by atoms with Crippen molar-refractivity contribution < 1.29 is 41.7 Å². The molecule has 0 heterocycles. The van der Waals surface area contributed by atoms with Crippen LogP contribution in [0.2, 0.25) is 0 Å². The Balaban J connectivity index is 2.35. The lowest BCUT2D eigenvalue weighted by Gasteiger charge is -2.28. The normalized spacial score (nSPS) is 12.6. The molecule has 0 saturated heterocycles. The highest BCUT2D eigenvalue weighted by atomic mass is 32.2. The van der Waals surface area contributed by atoms with Crippen LogP contribution in [0.25, 0.3) is 0 Å². The lowest BCUT2D eigenvalue weighted by atomic mass is 9.87. The smallest absolute Gasteiger partial charge is 0.320 e. The van der Waals surface area contributed by atoms with Gasteiger partial charge in [-0.15, -0.1) is 0 Å². The van der Waals surface area contributed by atoms with Crippen LogP contribution in [0.1, 0.15) is 17.0 Å². The van der Waals surface area contributed by atoms with Crippen LogP contribution < -0.4 is 4.74 Å². The lowest BCUT2D eigenvalue weighted by molar-refractivity contribution is -0.159. The average Bonchev–Trinajstić information content (AvgIpc) is 2.98. The minimum Gasteiger partial charge on any atom is -0.489 e. The molecule has 0 radical (unpaired) electrons. The van der Waals surface area contributed by atoms with Crippen LogP contribution in [0.15, 0.2) is 54.6 Å². The van der Waals surface area contributed by atoms with Crippen LogP contribution in [0.3, 0.4) is 0 Å². The Labute approximate surface area is 262 Å². The van der Waals surface area contributed by atoms with Gasteiger partial charge in [0.15, 0.2) is 5.92 Å². The number of methoxy groups -OCH3 is 2. The van der Waals surface area contributed by atoms with E-state index in [1.165, 1.54) is 0 Å². The molecule has 0 aliphatic rings. The van der Waals surface area contributed by atoms with E-state index in [9.17, 15) is 18.0 Å². The Bertz CT molecular complexity index is 1180. The Morgan fingerprint density at radius 1 is 0.791 bits per heavy atom. The minimum absolute atomic E-state index is 0.132. The summed E-state index contributed by atoms with van der Waals surface area (Å²) in [6.07, 6.45) is 8.32. The van der Waals surface area contributed by atoms with Gasteiger partial charge in [0.2, 0.25) is 10.0 Å². The van der Waals surface area contributed by atoms with E-state index in [1.807, 2.05) is 30.3 Å². The quantitative estimate of drug-likeness (QED) is 0.0695. The Morgan fingerprint density at radius 2 is 1.30 bits per heavy atom. The summed E-state index contributed by atoms with van der Waals surface area (Å²) in [4.78, 5) is 25.7. The van der Waals surface area contributed by atoms with Gasteiger partial charge in [0, 0.05) is 5.92 Å². The summed E-state index contributed by atoms with van der Waals surface area (Å²) in [5.41, 5.74) is 1.42. The molecule has 0 bridgehead atoms. The summed E-state index contributed by atoms with van der Waals surface area (Å²) in [5, 5.41) is 0. The molecule has 13 heteroatoms. The zero-order valence-corrected chi connectivity index (χ0v) is 28.3. The van der Waals surface area contributed by atoms with Gasteiger partial charge in [0.25, 0.3) is 0 Å². The van der Waals surface area contributed by atoms with Gasteiger partial charge in [-0.2, -0.15) is 4.31 Å². The summed E-state index contributed by atoms with van der Waals surface area (Å²) < 4.78 is 55.9. The Hall–Kier alpha value is -2.29. The largest absolute Gasteiger partial charge is 0.489 e. The number of benzene rings is 2. The van der Waals surface area contributed by atoms with Gasteiger partial charge in [-0.3, -0.25) is 9.59 Å². The van der Waals surface area contributed by atoms with Crippen molar-refractivity contribution in [2.24, 2.45) is 5.92 Å². The van der Waals surface area contributed by atoms with Gasteiger partial charge < -0.3 is 23.7 Å². The van der Waals surface area contributed by atoms with Gasteiger partial charge in [0.1, 0.15) is 37.3 Å². The third-order valence-corrected chi connectivity index (χ3v) is 10.1. The number of hydrogen-bond acceptors (Lipinski definition) is 9. The van der Waals surface area contributed by atoms with Crippen LogP contribution in [0.5, 0.6) is 5.75 Å². The number of sulfonamides is 1. The second-order valence-electron chi connectivity index (χ2n) is 10.2. The van der Waals surface area contributed by atoms with Crippen molar-refractivity contribution in [1.29, 1.82) is 0 Å². The predicted molar refractivity (Wildman–Crippen MR) is 173 cm³/mol. The third kappa shape index (κ3) is 13.1. The molecule has 2 aromatic carbocycles. The molecular formula is C30H45NO9S3+2. The van der Waals surface area contributed by atoms with Gasteiger partial charge in [-0.1, -0.05) is 42.5 Å². The SMILES string of the molecule is COC(=O)C(C(=O)OC)C(CS(=O)(=O)N(COCC[S+](C)C)COCC[S+](C)C)c1ccc(OCc2ccccc2)cc1. The summed E-state index contributed by atoms with van der Waals surface area (Å²) in [5.74, 6) is -2.90. The predicted octanol–water partition coefficient (Wildman–Crippen LogP) is 2.65. The first-order valence-corrected chi connectivity index (χ1v) is 19.7. The van der Waals surface area contributed by atoms with Crippen molar-refractivity contribution >= 4 is 43.8 Å². The van der Waals surface area contributed by atoms with Crippen LogP contribution in [-0.2, 0) is 67.0 Å². The molecule has 0 saturated carbocycles. The molecule has 10 nitrogen and oxygen atoms in total. The second-order valence-corrected chi connectivity index (χ2v) is 16.9. The van der Waals surface area contributed by atoms with Crippen molar-refractivity contribution in [1.82, 2.24) is 4.31 Å². The molecule has 0 aliphatic heterocycles. The van der Waals surface area contributed by atoms with Crippen molar-refractivity contribution in [2.75, 3.05) is 83.2 Å². The van der Waals surface area contributed by atoms with E-state index in [-0.39, 0.29) is 35.3 Å². The number of carbonyl (C=O) groups excluding carboxylic acids is 2. The lowest BCUT2D eigenvalue weighted by Crippen LogP contribution is -2.42. The monoisotopic (exact) mass is 659 g/mol. The van der Waals surface area contributed by atoms with E-state index >= 15 is 0 Å². The number of esters is 2. The molecule has 0 N–H and O–H groups in total. The maximum Gasteiger partial charge on any atom is 0.320 e. The number of ether oxygens (including phenoxy) is 5. The molecule has 0 aromatic heterocycles. The van der Waals surface area contributed by atoms with E-state index in [4.69, 9.17) is 23.7 Å². The van der Waals surface area contributed by atoms with E-state index in [1.54, 1.807) is 24.3 Å². The number of carbonyl (C=O) groups is 2. The summed E-state index contributed by atoms with van der Waals surface area (Å²) in [6, 6.07) is 16.3. The first-order valence-electron chi connectivity index (χ1n) is 13.6. The summed E-state index contributed by atoms with van der Waals surface area (Å²) in [6.45, 7) is 0.675. The van der Waals surface area contributed by atoms with E-state index in [2.05, 4.69) is 25.0 Å². The van der Waals surface area contributed by atoms with E-state index in [0.717, 1.165) is 35.6 Å². The topological polar surface area (TPSA) is 118 Å². The van der Waals surface area contributed by atoms with Gasteiger partial charge in [-0.05, 0) is 45.0 Å². The van der Waals surface area contributed by atoms with Crippen LogP contribution in [0.4, 0.5) is 0 Å². The van der Waals surface area contributed by atoms with Gasteiger partial charge in [-0.25, -0.2) is 8.42 Å². The molecule has 240 valence electrons. The molecule has 1 unspecified atom stereocenters. The molecule has 0 fully saturated rings. The molecular weight excluding hydrogens is 615 g/mol. The average molecular weight is 660 g/mol. The molecule has 0 aliphatic carbocycles. The molecule has 0 amide bonds. The second kappa shape index (κ2) is 19.2. The molecule has 2 aromatic rings. The summed E-state index contributed by atoms with van der Waals surface area (Å²) in [7, 11) is -1.57. The molecule has 2 rings (SSSR count). The molecule has 1 atom stereocenters. The van der Waals surface area contributed by atoms with Crippen molar-refractivity contribution in [3.05, 3.63) is 65.7 Å². The van der Waals surface area contributed by atoms with Crippen LogP contribution in [0, 0.1) is 5.92 Å². The van der Waals surface area contributed by atoms with Gasteiger partial charge >= 0.3 is 11.9 Å². The first kappa shape index (κ1) is 36.9. The number of hydrogen-bond donors (Lipinski definition) is 0. The zero-order valence-electron chi connectivity index (χ0n) is 25.9. The van der Waals surface area contributed by atoms with Gasteiger partial charge in [0.05, 0.1) is 58.2 Å². The maximum atomic E-state index is 13.9.